The number of benzene rings is 1. The Kier molecular flexibility index (Phi) is 6.68. The molecule has 1 rings (SSSR count). The quantitative estimate of drug-likeness (QED) is 0.837. The van der Waals surface area contributed by atoms with Crippen molar-refractivity contribution in [2.45, 2.75) is 19.9 Å². The van der Waals surface area contributed by atoms with Crippen LogP contribution in [-0.4, -0.2) is 38.7 Å². The molecular weight excluding hydrogens is 292 g/mol. The highest BCUT2D eigenvalue weighted by Gasteiger charge is 2.07. The Labute approximate surface area is 119 Å². The monoisotopic (exact) mass is 314 g/mol. The first kappa shape index (κ1) is 15.5. The van der Waals surface area contributed by atoms with E-state index >= 15 is 0 Å². The zero-order valence-corrected chi connectivity index (χ0v) is 13.3. The molecule has 0 heterocycles. The summed E-state index contributed by atoms with van der Waals surface area (Å²) in [6.07, 6.45) is 0. The SMILES string of the molecule is CCNC(C)c1ccc(OCCN(C)C)c(Br)c1. The van der Waals surface area contributed by atoms with Crippen LogP contribution in [0, 0.1) is 0 Å². The van der Waals surface area contributed by atoms with E-state index in [1.807, 2.05) is 20.2 Å². The molecule has 0 aliphatic heterocycles. The number of nitrogens with one attached hydrogen (secondary N) is 1. The Bertz CT molecular complexity index is 369. The van der Waals surface area contributed by atoms with Gasteiger partial charge in [0, 0.05) is 12.6 Å². The van der Waals surface area contributed by atoms with Crippen molar-refractivity contribution in [3.63, 3.8) is 0 Å². The summed E-state index contributed by atoms with van der Waals surface area (Å²) >= 11 is 3.57. The summed E-state index contributed by atoms with van der Waals surface area (Å²) in [6, 6.07) is 6.63. The average molecular weight is 315 g/mol. The van der Waals surface area contributed by atoms with Gasteiger partial charge in [-0.3, -0.25) is 0 Å². The molecule has 3 nitrogen and oxygen atoms in total. The van der Waals surface area contributed by atoms with Gasteiger partial charge in [-0.15, -0.1) is 0 Å². The maximum absolute atomic E-state index is 5.73. The van der Waals surface area contributed by atoms with Gasteiger partial charge in [-0.2, -0.15) is 0 Å². The van der Waals surface area contributed by atoms with Gasteiger partial charge < -0.3 is 15.0 Å². The van der Waals surface area contributed by atoms with Crippen molar-refractivity contribution in [1.29, 1.82) is 0 Å². The lowest BCUT2D eigenvalue weighted by molar-refractivity contribution is 0.260. The predicted octanol–water partition coefficient (Wildman–Crippen LogP) is 3.06. The predicted molar refractivity (Wildman–Crippen MR) is 80.3 cm³/mol. The van der Waals surface area contributed by atoms with Gasteiger partial charge >= 0.3 is 0 Å². The molecule has 1 aromatic rings. The standard InChI is InChI=1S/C14H23BrN2O/c1-5-16-11(2)12-6-7-14(13(15)10-12)18-9-8-17(3)4/h6-7,10-11,16H,5,8-9H2,1-4H3. The fourth-order valence-corrected chi connectivity index (χ4v) is 2.18. The highest BCUT2D eigenvalue weighted by atomic mass is 79.9. The maximum Gasteiger partial charge on any atom is 0.133 e. The van der Waals surface area contributed by atoms with Gasteiger partial charge in [-0.1, -0.05) is 13.0 Å². The molecule has 0 saturated heterocycles. The largest absolute Gasteiger partial charge is 0.491 e. The minimum absolute atomic E-state index is 0.363. The topological polar surface area (TPSA) is 24.5 Å². The molecule has 0 aromatic heterocycles. The highest BCUT2D eigenvalue weighted by Crippen LogP contribution is 2.28. The van der Waals surface area contributed by atoms with Crippen LogP contribution in [0.2, 0.25) is 0 Å². The van der Waals surface area contributed by atoms with E-state index in [-0.39, 0.29) is 0 Å². The third-order valence-electron chi connectivity index (χ3n) is 2.76. The minimum Gasteiger partial charge on any atom is -0.491 e. The smallest absolute Gasteiger partial charge is 0.133 e. The number of halogens is 1. The van der Waals surface area contributed by atoms with Crippen LogP contribution in [0.15, 0.2) is 22.7 Å². The van der Waals surface area contributed by atoms with Gasteiger partial charge in [0.15, 0.2) is 0 Å². The number of nitrogens with zero attached hydrogens (tertiary/aromatic N) is 1. The number of hydrogen-bond acceptors (Lipinski definition) is 3. The van der Waals surface area contributed by atoms with E-state index in [0.29, 0.717) is 12.6 Å². The molecule has 0 aliphatic carbocycles. The first-order valence-corrected chi connectivity index (χ1v) is 7.14. The molecule has 1 unspecified atom stereocenters. The molecule has 0 fully saturated rings. The molecule has 0 saturated carbocycles. The Morgan fingerprint density at radius 2 is 2.11 bits per heavy atom. The van der Waals surface area contributed by atoms with E-state index in [1.54, 1.807) is 0 Å². The van der Waals surface area contributed by atoms with Crippen molar-refractivity contribution in [1.82, 2.24) is 10.2 Å². The first-order chi connectivity index (χ1) is 8.54. The van der Waals surface area contributed by atoms with Gasteiger partial charge in [0.1, 0.15) is 12.4 Å². The van der Waals surface area contributed by atoms with Crippen LogP contribution in [0.1, 0.15) is 25.5 Å². The maximum atomic E-state index is 5.73. The summed E-state index contributed by atoms with van der Waals surface area (Å²) in [5.41, 5.74) is 1.27. The summed E-state index contributed by atoms with van der Waals surface area (Å²) in [5.74, 6) is 0.907. The Morgan fingerprint density at radius 3 is 2.67 bits per heavy atom. The lowest BCUT2D eigenvalue weighted by atomic mass is 10.1. The third kappa shape index (κ3) is 4.96. The lowest BCUT2D eigenvalue weighted by Crippen LogP contribution is -2.19. The first-order valence-electron chi connectivity index (χ1n) is 6.35. The van der Waals surface area contributed by atoms with Gasteiger partial charge in [0.25, 0.3) is 0 Å². The van der Waals surface area contributed by atoms with Crippen LogP contribution >= 0.6 is 15.9 Å². The van der Waals surface area contributed by atoms with E-state index in [4.69, 9.17) is 4.74 Å². The van der Waals surface area contributed by atoms with Crippen molar-refractivity contribution in [2.24, 2.45) is 0 Å². The second kappa shape index (κ2) is 7.77. The van der Waals surface area contributed by atoms with Crippen molar-refractivity contribution >= 4 is 15.9 Å². The molecule has 0 amide bonds. The van der Waals surface area contributed by atoms with Crippen LogP contribution in [0.25, 0.3) is 0 Å². The molecule has 0 spiro atoms. The van der Waals surface area contributed by atoms with Crippen molar-refractivity contribution in [3.05, 3.63) is 28.2 Å². The second-order valence-corrected chi connectivity index (χ2v) is 5.48. The summed E-state index contributed by atoms with van der Waals surface area (Å²) in [7, 11) is 4.08. The van der Waals surface area contributed by atoms with Crippen molar-refractivity contribution < 1.29 is 4.74 Å². The van der Waals surface area contributed by atoms with Crippen LogP contribution in [0.5, 0.6) is 5.75 Å². The van der Waals surface area contributed by atoms with E-state index in [2.05, 4.69) is 52.1 Å². The Balaban J connectivity index is 2.62. The van der Waals surface area contributed by atoms with Crippen LogP contribution in [0.4, 0.5) is 0 Å². The molecule has 1 aromatic carbocycles. The van der Waals surface area contributed by atoms with Crippen LogP contribution in [-0.2, 0) is 0 Å². The molecule has 0 radical (unpaired) electrons. The Morgan fingerprint density at radius 1 is 1.39 bits per heavy atom. The zero-order chi connectivity index (χ0) is 13.5. The van der Waals surface area contributed by atoms with Crippen molar-refractivity contribution in [2.75, 3.05) is 33.8 Å². The number of likely N-dealkylation sites (N-methyl/N-ethyl adjacent to an activating group) is 1. The normalized spacial score (nSPS) is 12.8. The highest BCUT2D eigenvalue weighted by molar-refractivity contribution is 9.10. The van der Waals surface area contributed by atoms with E-state index in [0.717, 1.165) is 23.3 Å². The summed E-state index contributed by atoms with van der Waals surface area (Å²) in [5, 5.41) is 3.40. The molecule has 0 aliphatic rings. The number of rotatable bonds is 7. The molecule has 1 N–H and O–H groups in total. The van der Waals surface area contributed by atoms with Gasteiger partial charge in [0.05, 0.1) is 4.47 Å². The summed E-state index contributed by atoms with van der Waals surface area (Å²) in [6.45, 7) is 6.87. The molecule has 4 heteroatoms. The van der Waals surface area contributed by atoms with E-state index in [9.17, 15) is 0 Å². The fourth-order valence-electron chi connectivity index (χ4n) is 1.67. The average Bonchev–Trinajstić information content (AvgIpc) is 2.31. The van der Waals surface area contributed by atoms with Crippen molar-refractivity contribution in [3.8, 4) is 5.75 Å². The number of ether oxygens (including phenoxy) is 1. The summed E-state index contributed by atoms with van der Waals surface area (Å²) < 4.78 is 6.75. The van der Waals surface area contributed by atoms with Crippen LogP contribution in [0.3, 0.4) is 0 Å². The van der Waals surface area contributed by atoms with Gasteiger partial charge in [-0.05, 0) is 61.2 Å². The summed E-state index contributed by atoms with van der Waals surface area (Å²) in [4.78, 5) is 2.11. The van der Waals surface area contributed by atoms with Crippen LogP contribution < -0.4 is 10.1 Å². The fraction of sp³-hybridized carbons (Fsp3) is 0.571. The zero-order valence-electron chi connectivity index (χ0n) is 11.7. The lowest BCUT2D eigenvalue weighted by Gasteiger charge is -2.16. The number of hydrogen-bond donors (Lipinski definition) is 1. The molecule has 0 bridgehead atoms. The van der Waals surface area contributed by atoms with E-state index in [1.165, 1.54) is 5.56 Å². The molecule has 102 valence electrons. The second-order valence-electron chi connectivity index (χ2n) is 4.62. The minimum atomic E-state index is 0.363. The van der Waals surface area contributed by atoms with Gasteiger partial charge in [-0.25, -0.2) is 0 Å². The molecule has 18 heavy (non-hydrogen) atoms. The third-order valence-corrected chi connectivity index (χ3v) is 3.38. The van der Waals surface area contributed by atoms with E-state index < -0.39 is 0 Å². The Hall–Kier alpha value is -0.580. The van der Waals surface area contributed by atoms with Gasteiger partial charge in [0.2, 0.25) is 0 Å². The molecule has 1 atom stereocenters. The molecular formula is C14H23BrN2O.